The molecule has 0 spiro atoms. The van der Waals surface area contributed by atoms with Gasteiger partial charge in [-0.3, -0.25) is 0 Å². The fourth-order valence-electron chi connectivity index (χ4n) is 1.70. The average Bonchev–Trinajstić information content (AvgIpc) is 2.41. The zero-order valence-corrected chi connectivity index (χ0v) is 10.2. The van der Waals surface area contributed by atoms with Crippen molar-refractivity contribution in [1.29, 1.82) is 5.26 Å². The Labute approximate surface area is 106 Å². The molecule has 0 heterocycles. The van der Waals surface area contributed by atoms with Crippen LogP contribution in [0.25, 0.3) is 0 Å². The van der Waals surface area contributed by atoms with E-state index in [0.717, 1.165) is 16.9 Å². The second-order valence-corrected chi connectivity index (χ2v) is 4.03. The summed E-state index contributed by atoms with van der Waals surface area (Å²) in [5.41, 5.74) is 8.96. The third kappa shape index (κ3) is 2.44. The summed E-state index contributed by atoms with van der Waals surface area (Å²) in [6.07, 6.45) is 0. The van der Waals surface area contributed by atoms with Crippen LogP contribution in [0.1, 0.15) is 16.7 Å². The van der Waals surface area contributed by atoms with E-state index in [0.29, 0.717) is 17.9 Å². The molecule has 0 fully saturated rings. The number of nitrogens with two attached hydrogens (primary N) is 1. The van der Waals surface area contributed by atoms with Crippen molar-refractivity contribution in [3.05, 3.63) is 59.2 Å². The van der Waals surface area contributed by atoms with Gasteiger partial charge in [-0.05, 0) is 25.1 Å². The van der Waals surface area contributed by atoms with Crippen LogP contribution in [0.2, 0.25) is 0 Å². The number of nitrogens with zero attached hydrogens (tertiary/aromatic N) is 1. The monoisotopic (exact) mass is 238 g/mol. The maximum absolute atomic E-state index is 8.99. The molecule has 90 valence electrons. The highest BCUT2D eigenvalue weighted by molar-refractivity contribution is 5.53. The lowest BCUT2D eigenvalue weighted by molar-refractivity contribution is 0.304. The van der Waals surface area contributed by atoms with Gasteiger partial charge in [-0.1, -0.05) is 24.3 Å². The highest BCUT2D eigenvalue weighted by atomic mass is 16.5. The van der Waals surface area contributed by atoms with Crippen molar-refractivity contribution in [2.75, 3.05) is 5.73 Å². The predicted octanol–water partition coefficient (Wildman–Crippen LogP) is 3.03. The number of benzene rings is 2. The van der Waals surface area contributed by atoms with Crippen molar-refractivity contribution in [2.45, 2.75) is 13.5 Å². The minimum absolute atomic E-state index is 0.369. The van der Waals surface area contributed by atoms with Gasteiger partial charge in [0, 0.05) is 16.8 Å². The topological polar surface area (TPSA) is 59.0 Å². The Hall–Kier alpha value is -2.47. The molecule has 0 saturated heterocycles. The van der Waals surface area contributed by atoms with E-state index >= 15 is 0 Å². The number of nitriles is 1. The van der Waals surface area contributed by atoms with Gasteiger partial charge < -0.3 is 10.5 Å². The lowest BCUT2D eigenvalue weighted by Crippen LogP contribution is -2.00. The first-order chi connectivity index (χ1) is 8.72. The molecule has 2 rings (SSSR count). The van der Waals surface area contributed by atoms with Gasteiger partial charge in [0.05, 0.1) is 11.6 Å². The van der Waals surface area contributed by atoms with Crippen molar-refractivity contribution in [1.82, 2.24) is 0 Å². The maximum Gasteiger partial charge on any atom is 0.124 e. The molecule has 2 aromatic rings. The van der Waals surface area contributed by atoms with Crippen LogP contribution in [0.15, 0.2) is 42.5 Å². The van der Waals surface area contributed by atoms with Crippen molar-refractivity contribution >= 4 is 5.69 Å². The number of nitrogen functional groups attached to an aromatic ring is 1. The van der Waals surface area contributed by atoms with E-state index in [-0.39, 0.29) is 0 Å². The van der Waals surface area contributed by atoms with E-state index in [1.165, 1.54) is 0 Å². The van der Waals surface area contributed by atoms with Gasteiger partial charge in [0.15, 0.2) is 0 Å². The summed E-state index contributed by atoms with van der Waals surface area (Å²) < 4.78 is 5.72. The second-order valence-electron chi connectivity index (χ2n) is 4.03. The molecule has 0 amide bonds. The van der Waals surface area contributed by atoms with E-state index in [9.17, 15) is 0 Å². The Morgan fingerprint density at radius 3 is 2.72 bits per heavy atom. The lowest BCUT2D eigenvalue weighted by atomic mass is 10.1. The molecule has 18 heavy (non-hydrogen) atoms. The third-order valence-corrected chi connectivity index (χ3v) is 2.85. The summed E-state index contributed by atoms with van der Waals surface area (Å²) in [5, 5.41) is 8.99. The van der Waals surface area contributed by atoms with Crippen molar-refractivity contribution in [2.24, 2.45) is 0 Å². The number of hydrogen-bond donors (Lipinski definition) is 1. The summed E-state index contributed by atoms with van der Waals surface area (Å²) in [7, 11) is 0. The summed E-state index contributed by atoms with van der Waals surface area (Å²) in [5.74, 6) is 0.753. The van der Waals surface area contributed by atoms with Gasteiger partial charge in [0.2, 0.25) is 0 Å². The summed E-state index contributed by atoms with van der Waals surface area (Å²) in [6, 6.07) is 15.1. The van der Waals surface area contributed by atoms with E-state index in [4.69, 9.17) is 15.7 Å². The van der Waals surface area contributed by atoms with Gasteiger partial charge in [-0.25, -0.2) is 0 Å². The number of rotatable bonds is 3. The predicted molar refractivity (Wildman–Crippen MR) is 71.1 cm³/mol. The molecule has 0 aliphatic heterocycles. The van der Waals surface area contributed by atoms with E-state index in [1.54, 1.807) is 6.07 Å². The number of ether oxygens (including phenoxy) is 1. The molecule has 0 aliphatic rings. The van der Waals surface area contributed by atoms with Crippen LogP contribution in [0.5, 0.6) is 5.75 Å². The van der Waals surface area contributed by atoms with Crippen LogP contribution in [0, 0.1) is 18.3 Å². The SMILES string of the molecule is Cc1c(N)cccc1OCc1ccccc1C#N. The molecular weight excluding hydrogens is 224 g/mol. The molecular formula is C15H14N2O. The molecule has 0 bridgehead atoms. The van der Waals surface area contributed by atoms with Gasteiger partial charge >= 0.3 is 0 Å². The molecule has 0 unspecified atom stereocenters. The van der Waals surface area contributed by atoms with Gasteiger partial charge in [-0.2, -0.15) is 5.26 Å². The molecule has 0 atom stereocenters. The van der Waals surface area contributed by atoms with Crippen LogP contribution in [-0.4, -0.2) is 0 Å². The van der Waals surface area contributed by atoms with Crippen molar-refractivity contribution in [3.63, 3.8) is 0 Å². The van der Waals surface area contributed by atoms with Crippen LogP contribution in [0.3, 0.4) is 0 Å². The molecule has 3 heteroatoms. The Balaban J connectivity index is 2.17. The summed E-state index contributed by atoms with van der Waals surface area (Å²) >= 11 is 0. The zero-order chi connectivity index (χ0) is 13.0. The van der Waals surface area contributed by atoms with Gasteiger partial charge in [0.1, 0.15) is 12.4 Å². The molecule has 0 saturated carbocycles. The first-order valence-electron chi connectivity index (χ1n) is 5.68. The molecule has 3 nitrogen and oxygen atoms in total. The van der Waals surface area contributed by atoms with E-state index < -0.39 is 0 Å². The number of anilines is 1. The maximum atomic E-state index is 8.99. The minimum atomic E-state index is 0.369. The zero-order valence-electron chi connectivity index (χ0n) is 10.2. The van der Waals surface area contributed by atoms with Crippen LogP contribution < -0.4 is 10.5 Å². The van der Waals surface area contributed by atoms with Crippen molar-refractivity contribution < 1.29 is 4.74 Å². The second kappa shape index (κ2) is 5.24. The Morgan fingerprint density at radius 1 is 1.17 bits per heavy atom. The number of hydrogen-bond acceptors (Lipinski definition) is 3. The van der Waals surface area contributed by atoms with Gasteiger partial charge in [-0.15, -0.1) is 0 Å². The van der Waals surface area contributed by atoms with E-state index in [1.807, 2.05) is 43.3 Å². The first kappa shape index (κ1) is 12.0. The van der Waals surface area contributed by atoms with E-state index in [2.05, 4.69) is 6.07 Å². The van der Waals surface area contributed by atoms with Crippen LogP contribution in [0.4, 0.5) is 5.69 Å². The third-order valence-electron chi connectivity index (χ3n) is 2.85. The van der Waals surface area contributed by atoms with Gasteiger partial charge in [0.25, 0.3) is 0 Å². The summed E-state index contributed by atoms with van der Waals surface area (Å²) in [4.78, 5) is 0. The molecule has 0 radical (unpaired) electrons. The Kier molecular flexibility index (Phi) is 3.49. The highest BCUT2D eigenvalue weighted by Gasteiger charge is 2.05. The Bertz CT molecular complexity index is 600. The fourth-order valence-corrected chi connectivity index (χ4v) is 1.70. The quantitative estimate of drug-likeness (QED) is 0.836. The smallest absolute Gasteiger partial charge is 0.124 e. The van der Waals surface area contributed by atoms with Crippen molar-refractivity contribution in [3.8, 4) is 11.8 Å². The Morgan fingerprint density at radius 2 is 1.94 bits per heavy atom. The van der Waals surface area contributed by atoms with Crippen LogP contribution in [-0.2, 0) is 6.61 Å². The molecule has 2 N–H and O–H groups in total. The molecule has 2 aromatic carbocycles. The molecule has 0 aromatic heterocycles. The molecule has 0 aliphatic carbocycles. The minimum Gasteiger partial charge on any atom is -0.489 e. The largest absolute Gasteiger partial charge is 0.489 e. The first-order valence-corrected chi connectivity index (χ1v) is 5.68. The normalized spacial score (nSPS) is 9.78. The lowest BCUT2D eigenvalue weighted by Gasteiger charge is -2.11. The standard InChI is InChI=1S/C15H14N2O/c1-11-14(17)7-4-8-15(11)18-10-13-6-3-2-5-12(13)9-16/h2-8H,10,17H2,1H3. The average molecular weight is 238 g/mol. The summed E-state index contributed by atoms with van der Waals surface area (Å²) in [6.45, 7) is 2.29. The highest BCUT2D eigenvalue weighted by Crippen LogP contribution is 2.24. The fraction of sp³-hybridized carbons (Fsp3) is 0.133. The van der Waals surface area contributed by atoms with Crippen LogP contribution >= 0.6 is 0 Å².